The van der Waals surface area contributed by atoms with Gasteiger partial charge in [0.15, 0.2) is 0 Å². The normalized spacial score (nSPS) is 9.31. The van der Waals surface area contributed by atoms with Gasteiger partial charge in [-0.2, -0.15) is 5.26 Å². The lowest BCUT2D eigenvalue weighted by Gasteiger charge is -2.07. The Hall–Kier alpha value is -1.54. The predicted molar refractivity (Wildman–Crippen MR) is 66.0 cm³/mol. The van der Waals surface area contributed by atoms with Crippen molar-refractivity contribution in [2.24, 2.45) is 0 Å². The van der Waals surface area contributed by atoms with E-state index in [0.717, 1.165) is 15.7 Å². The van der Waals surface area contributed by atoms with Crippen LogP contribution in [0.4, 0.5) is 5.69 Å². The Labute approximate surface area is 103 Å². The molecule has 0 fully saturated rings. The largest absolute Gasteiger partial charge is 0.376 e. The number of nitrogens with zero attached hydrogens (tertiary/aromatic N) is 1. The molecule has 0 aliphatic heterocycles. The maximum absolute atomic E-state index is 11.2. The Morgan fingerprint density at radius 3 is 2.88 bits per heavy atom. The molecule has 0 atom stereocenters. The van der Waals surface area contributed by atoms with Crippen LogP contribution in [0.3, 0.4) is 0 Å². The Morgan fingerprint density at radius 1 is 1.50 bits per heavy atom. The monoisotopic (exact) mass is 281 g/mol. The maximum atomic E-state index is 11.2. The Morgan fingerprint density at radius 2 is 2.25 bits per heavy atom. The van der Waals surface area contributed by atoms with Crippen LogP contribution in [-0.4, -0.2) is 19.0 Å². The molecule has 4 nitrogen and oxygen atoms in total. The van der Waals surface area contributed by atoms with Crippen LogP contribution in [0, 0.1) is 18.3 Å². The van der Waals surface area contributed by atoms with Crippen LogP contribution in [0.25, 0.3) is 0 Å². The van der Waals surface area contributed by atoms with E-state index in [1.807, 2.05) is 31.2 Å². The van der Waals surface area contributed by atoms with E-state index in [1.165, 1.54) is 0 Å². The first-order valence-corrected chi connectivity index (χ1v) is 5.56. The number of anilines is 1. The number of nitrogens with one attached hydrogen (secondary N) is 2. The highest BCUT2D eigenvalue weighted by Crippen LogP contribution is 2.18. The van der Waals surface area contributed by atoms with Crippen molar-refractivity contribution >= 4 is 27.5 Å². The summed E-state index contributed by atoms with van der Waals surface area (Å²) in [5.74, 6) is -0.195. The zero-order chi connectivity index (χ0) is 12.0. The van der Waals surface area contributed by atoms with Crippen molar-refractivity contribution in [1.29, 1.82) is 5.26 Å². The molecule has 0 heterocycles. The molecule has 0 aromatic heterocycles. The second-order valence-electron chi connectivity index (χ2n) is 3.31. The molecule has 0 aliphatic rings. The standard InChI is InChI=1S/C11H12BrN3O/c1-8-4-9(12)6-10(5-8)15-7-11(16)14-3-2-13/h4-6,15H,3,7H2,1H3,(H,14,16). The summed E-state index contributed by atoms with van der Waals surface area (Å²) in [5.41, 5.74) is 1.98. The lowest BCUT2D eigenvalue weighted by Crippen LogP contribution is -2.29. The third-order valence-corrected chi connectivity index (χ3v) is 2.32. The molecule has 5 heteroatoms. The zero-order valence-electron chi connectivity index (χ0n) is 8.88. The number of nitriles is 1. The molecule has 1 aromatic rings. The highest BCUT2D eigenvalue weighted by molar-refractivity contribution is 9.10. The highest BCUT2D eigenvalue weighted by Gasteiger charge is 2.01. The number of halogens is 1. The van der Waals surface area contributed by atoms with Crippen molar-refractivity contribution in [3.05, 3.63) is 28.2 Å². The topological polar surface area (TPSA) is 64.9 Å². The first-order valence-electron chi connectivity index (χ1n) is 4.76. The van der Waals surface area contributed by atoms with Crippen LogP contribution in [0.2, 0.25) is 0 Å². The number of benzene rings is 1. The van der Waals surface area contributed by atoms with E-state index in [0.29, 0.717) is 0 Å². The van der Waals surface area contributed by atoms with Crippen LogP contribution < -0.4 is 10.6 Å². The van der Waals surface area contributed by atoms with Crippen molar-refractivity contribution in [2.75, 3.05) is 18.4 Å². The summed E-state index contributed by atoms with van der Waals surface area (Å²) in [6.07, 6.45) is 0. The minimum atomic E-state index is -0.195. The smallest absolute Gasteiger partial charge is 0.240 e. The van der Waals surface area contributed by atoms with E-state index >= 15 is 0 Å². The summed E-state index contributed by atoms with van der Waals surface area (Å²) >= 11 is 3.38. The average molecular weight is 282 g/mol. The molecule has 1 aromatic carbocycles. The quantitative estimate of drug-likeness (QED) is 0.828. The van der Waals surface area contributed by atoms with E-state index in [-0.39, 0.29) is 19.0 Å². The fourth-order valence-electron chi connectivity index (χ4n) is 1.22. The first kappa shape index (κ1) is 12.5. The van der Waals surface area contributed by atoms with Gasteiger partial charge in [0.1, 0.15) is 6.54 Å². The minimum Gasteiger partial charge on any atom is -0.376 e. The Balaban J connectivity index is 2.48. The molecule has 84 valence electrons. The molecule has 0 saturated carbocycles. The van der Waals surface area contributed by atoms with Gasteiger partial charge in [-0.05, 0) is 30.7 Å². The van der Waals surface area contributed by atoms with E-state index in [1.54, 1.807) is 0 Å². The summed E-state index contributed by atoms with van der Waals surface area (Å²) in [4.78, 5) is 11.2. The predicted octanol–water partition coefficient (Wildman–Crippen LogP) is 1.81. The zero-order valence-corrected chi connectivity index (χ0v) is 10.5. The fourth-order valence-corrected chi connectivity index (χ4v) is 1.83. The van der Waals surface area contributed by atoms with Gasteiger partial charge in [0.25, 0.3) is 0 Å². The van der Waals surface area contributed by atoms with Gasteiger partial charge in [-0.15, -0.1) is 0 Å². The summed E-state index contributed by atoms with van der Waals surface area (Å²) < 4.78 is 0.965. The van der Waals surface area contributed by atoms with E-state index in [4.69, 9.17) is 5.26 Å². The van der Waals surface area contributed by atoms with Crippen molar-refractivity contribution in [3.63, 3.8) is 0 Å². The number of hydrogen-bond acceptors (Lipinski definition) is 3. The van der Waals surface area contributed by atoms with Gasteiger partial charge in [0.05, 0.1) is 12.6 Å². The molecule has 0 spiro atoms. The number of rotatable bonds is 4. The molecule has 2 N–H and O–H groups in total. The summed E-state index contributed by atoms with van der Waals surface area (Å²) in [5, 5.41) is 13.7. The second kappa shape index (κ2) is 6.13. The average Bonchev–Trinajstić information content (AvgIpc) is 2.22. The second-order valence-corrected chi connectivity index (χ2v) is 4.22. The SMILES string of the molecule is Cc1cc(Br)cc(NCC(=O)NCC#N)c1. The maximum Gasteiger partial charge on any atom is 0.240 e. The van der Waals surface area contributed by atoms with Crippen LogP contribution in [0.5, 0.6) is 0 Å². The molecule has 16 heavy (non-hydrogen) atoms. The Kier molecular flexibility index (Phi) is 4.80. The summed E-state index contributed by atoms with van der Waals surface area (Å²) in [7, 11) is 0. The molecule has 1 rings (SSSR count). The van der Waals surface area contributed by atoms with E-state index in [9.17, 15) is 4.79 Å². The molecular formula is C11H12BrN3O. The molecule has 0 unspecified atom stereocenters. The van der Waals surface area contributed by atoms with Crippen LogP contribution in [0.15, 0.2) is 22.7 Å². The van der Waals surface area contributed by atoms with Gasteiger partial charge >= 0.3 is 0 Å². The lowest BCUT2D eigenvalue weighted by atomic mass is 10.2. The van der Waals surface area contributed by atoms with Crippen LogP contribution in [0.1, 0.15) is 5.56 Å². The van der Waals surface area contributed by atoms with Gasteiger partial charge in [0, 0.05) is 10.2 Å². The van der Waals surface area contributed by atoms with Gasteiger partial charge in [-0.25, -0.2) is 0 Å². The molecular weight excluding hydrogens is 270 g/mol. The molecule has 1 amide bonds. The van der Waals surface area contributed by atoms with Crippen molar-refractivity contribution in [1.82, 2.24) is 5.32 Å². The number of carbonyl (C=O) groups is 1. The van der Waals surface area contributed by atoms with Gasteiger partial charge < -0.3 is 10.6 Å². The number of aryl methyl sites for hydroxylation is 1. The lowest BCUT2D eigenvalue weighted by molar-refractivity contribution is -0.119. The number of carbonyl (C=O) groups excluding carboxylic acids is 1. The van der Waals surface area contributed by atoms with Crippen LogP contribution >= 0.6 is 15.9 Å². The summed E-state index contributed by atoms with van der Waals surface area (Å²) in [6.45, 7) is 2.18. The van der Waals surface area contributed by atoms with E-state index in [2.05, 4.69) is 26.6 Å². The van der Waals surface area contributed by atoms with Gasteiger partial charge in [0.2, 0.25) is 5.91 Å². The molecule has 0 saturated heterocycles. The van der Waals surface area contributed by atoms with E-state index < -0.39 is 0 Å². The number of amides is 1. The molecule has 0 bridgehead atoms. The third kappa shape index (κ3) is 4.32. The Bertz CT molecular complexity index is 405. The minimum absolute atomic E-state index is 0.0397. The number of hydrogen-bond donors (Lipinski definition) is 2. The summed E-state index contributed by atoms with van der Waals surface area (Å²) in [6, 6.07) is 7.68. The fraction of sp³-hybridized carbons (Fsp3) is 0.273. The van der Waals surface area contributed by atoms with Crippen LogP contribution in [-0.2, 0) is 4.79 Å². The van der Waals surface area contributed by atoms with Gasteiger partial charge in [-0.3, -0.25) is 4.79 Å². The van der Waals surface area contributed by atoms with Gasteiger partial charge in [-0.1, -0.05) is 15.9 Å². The molecule has 0 radical (unpaired) electrons. The van der Waals surface area contributed by atoms with Crippen molar-refractivity contribution < 1.29 is 4.79 Å². The highest BCUT2D eigenvalue weighted by atomic mass is 79.9. The first-order chi connectivity index (χ1) is 7.61. The third-order valence-electron chi connectivity index (χ3n) is 1.86. The molecule has 0 aliphatic carbocycles. The van der Waals surface area contributed by atoms with Crippen molar-refractivity contribution in [2.45, 2.75) is 6.92 Å². The van der Waals surface area contributed by atoms with Crippen molar-refractivity contribution in [3.8, 4) is 6.07 Å².